The van der Waals surface area contributed by atoms with Crippen LogP contribution in [0.2, 0.25) is 0 Å². The molecule has 0 radical (unpaired) electrons. The highest BCUT2D eigenvalue weighted by Crippen LogP contribution is 2.34. The van der Waals surface area contributed by atoms with Crippen molar-refractivity contribution in [3.63, 3.8) is 0 Å². The molecule has 0 bridgehead atoms. The summed E-state index contributed by atoms with van der Waals surface area (Å²) in [5, 5.41) is 2.07. The van der Waals surface area contributed by atoms with Gasteiger partial charge in [-0.2, -0.15) is 13.2 Å². The molecule has 1 N–H and O–H groups in total. The molecule has 0 saturated heterocycles. The van der Waals surface area contributed by atoms with E-state index in [1.807, 2.05) is 0 Å². The highest BCUT2D eigenvalue weighted by Gasteiger charge is 2.33. The number of hydrogen-bond acceptors (Lipinski definition) is 4. The third kappa shape index (κ3) is 4.53. The van der Waals surface area contributed by atoms with Crippen LogP contribution in [0.3, 0.4) is 0 Å². The number of pyridine rings is 1. The molecule has 1 aromatic carbocycles. The number of anilines is 1. The van der Waals surface area contributed by atoms with Crippen molar-refractivity contribution in [3.8, 4) is 0 Å². The quantitative estimate of drug-likeness (QED) is 0.878. The number of hydrogen-bond donors (Lipinski definition) is 1. The zero-order valence-corrected chi connectivity index (χ0v) is 11.6. The number of aromatic nitrogens is 1. The van der Waals surface area contributed by atoms with Crippen molar-refractivity contribution in [1.29, 1.82) is 0 Å². The standard InChI is InChI=1S/C15H11F3N2O3/c16-15(17,18)10-5-1-2-6-11(10)20-13(21)9-23-14(22)12-7-3-4-8-19-12/h1-8H,9H2,(H,20,21). The van der Waals surface area contributed by atoms with Gasteiger partial charge in [-0.05, 0) is 24.3 Å². The smallest absolute Gasteiger partial charge is 0.418 e. The zero-order valence-electron chi connectivity index (χ0n) is 11.6. The zero-order chi connectivity index (χ0) is 16.9. The molecule has 8 heteroatoms. The molecular formula is C15H11F3N2O3. The summed E-state index contributed by atoms with van der Waals surface area (Å²) in [4.78, 5) is 27.0. The number of esters is 1. The minimum atomic E-state index is -4.60. The van der Waals surface area contributed by atoms with E-state index in [0.717, 1.165) is 12.1 Å². The Morgan fingerprint density at radius 3 is 2.43 bits per heavy atom. The topological polar surface area (TPSA) is 68.3 Å². The first kappa shape index (κ1) is 16.5. The molecule has 2 aromatic rings. The first-order valence-electron chi connectivity index (χ1n) is 6.42. The van der Waals surface area contributed by atoms with Crippen molar-refractivity contribution in [3.05, 3.63) is 59.9 Å². The number of halogens is 3. The molecule has 0 saturated carbocycles. The molecule has 1 amide bonds. The molecule has 0 aliphatic carbocycles. The van der Waals surface area contributed by atoms with Gasteiger partial charge in [-0.25, -0.2) is 9.78 Å². The van der Waals surface area contributed by atoms with Crippen LogP contribution in [-0.4, -0.2) is 23.5 Å². The number of para-hydroxylation sites is 1. The summed E-state index contributed by atoms with van der Waals surface area (Å²) in [5.41, 5.74) is -1.39. The van der Waals surface area contributed by atoms with Gasteiger partial charge in [-0.3, -0.25) is 4.79 Å². The summed E-state index contributed by atoms with van der Waals surface area (Å²) in [6.07, 6.45) is -3.23. The van der Waals surface area contributed by atoms with Crippen molar-refractivity contribution in [2.45, 2.75) is 6.18 Å². The number of carbonyl (C=O) groups excluding carboxylic acids is 2. The maximum atomic E-state index is 12.8. The molecule has 0 spiro atoms. The highest BCUT2D eigenvalue weighted by molar-refractivity contribution is 5.95. The molecule has 1 heterocycles. The molecule has 0 fully saturated rings. The number of nitrogens with zero attached hydrogens (tertiary/aromatic N) is 1. The van der Waals surface area contributed by atoms with Gasteiger partial charge in [0.1, 0.15) is 5.69 Å². The number of nitrogens with one attached hydrogen (secondary N) is 1. The van der Waals surface area contributed by atoms with Crippen molar-refractivity contribution in [2.24, 2.45) is 0 Å². The van der Waals surface area contributed by atoms with Gasteiger partial charge in [-0.1, -0.05) is 18.2 Å². The lowest BCUT2D eigenvalue weighted by molar-refractivity contribution is -0.137. The summed E-state index contributed by atoms with van der Waals surface area (Å²) in [6.45, 7) is -0.721. The number of amides is 1. The number of alkyl halides is 3. The lowest BCUT2D eigenvalue weighted by Crippen LogP contribution is -2.23. The van der Waals surface area contributed by atoms with E-state index in [9.17, 15) is 22.8 Å². The number of ether oxygens (including phenoxy) is 1. The molecule has 0 aliphatic heterocycles. The Morgan fingerprint density at radius 2 is 1.78 bits per heavy atom. The Labute approximate surface area is 129 Å². The van der Waals surface area contributed by atoms with Crippen LogP contribution in [0.15, 0.2) is 48.7 Å². The van der Waals surface area contributed by atoms with Crippen molar-refractivity contribution in [2.75, 3.05) is 11.9 Å². The van der Waals surface area contributed by atoms with Gasteiger partial charge in [0.25, 0.3) is 5.91 Å². The van der Waals surface area contributed by atoms with Crippen molar-refractivity contribution >= 4 is 17.6 Å². The minimum absolute atomic E-state index is 0.00371. The summed E-state index contributed by atoms with van der Waals surface area (Å²) in [7, 11) is 0. The molecule has 5 nitrogen and oxygen atoms in total. The predicted molar refractivity (Wildman–Crippen MR) is 74.6 cm³/mol. The van der Waals surface area contributed by atoms with E-state index < -0.39 is 35.9 Å². The Hall–Kier alpha value is -2.90. The van der Waals surface area contributed by atoms with Crippen LogP contribution < -0.4 is 5.32 Å². The first-order chi connectivity index (χ1) is 10.9. The molecule has 0 unspecified atom stereocenters. The SMILES string of the molecule is O=C(COC(=O)c1ccccn1)Nc1ccccc1C(F)(F)F. The molecular weight excluding hydrogens is 313 g/mol. The summed E-state index contributed by atoms with van der Waals surface area (Å²) < 4.78 is 43.1. The summed E-state index contributed by atoms with van der Waals surface area (Å²) in [5.74, 6) is -1.73. The van der Waals surface area contributed by atoms with Crippen LogP contribution in [0.25, 0.3) is 0 Å². The molecule has 2 rings (SSSR count). The Morgan fingerprint density at radius 1 is 1.09 bits per heavy atom. The number of rotatable bonds is 4. The highest BCUT2D eigenvalue weighted by atomic mass is 19.4. The van der Waals surface area contributed by atoms with Crippen LogP contribution in [0.1, 0.15) is 16.1 Å². The summed E-state index contributed by atoms with van der Waals surface area (Å²) in [6, 6.07) is 9.06. The lowest BCUT2D eigenvalue weighted by atomic mass is 10.1. The van der Waals surface area contributed by atoms with Crippen LogP contribution in [0, 0.1) is 0 Å². The maximum absolute atomic E-state index is 12.8. The maximum Gasteiger partial charge on any atom is 0.418 e. The third-order valence-electron chi connectivity index (χ3n) is 2.71. The van der Waals surface area contributed by atoms with Gasteiger partial charge >= 0.3 is 12.1 Å². The molecule has 0 aliphatic rings. The molecule has 1 aromatic heterocycles. The van der Waals surface area contributed by atoms with Crippen molar-refractivity contribution in [1.82, 2.24) is 4.98 Å². The predicted octanol–water partition coefficient (Wildman–Crippen LogP) is 2.90. The van der Waals surface area contributed by atoms with Gasteiger partial charge in [0.15, 0.2) is 6.61 Å². The van der Waals surface area contributed by atoms with E-state index in [0.29, 0.717) is 0 Å². The molecule has 120 valence electrons. The van der Waals surface area contributed by atoms with E-state index in [4.69, 9.17) is 4.74 Å². The first-order valence-corrected chi connectivity index (χ1v) is 6.42. The Kier molecular flexibility index (Phi) is 4.95. The Bertz CT molecular complexity index is 703. The van der Waals surface area contributed by atoms with Gasteiger partial charge < -0.3 is 10.1 Å². The van der Waals surface area contributed by atoms with Crippen LogP contribution in [0.4, 0.5) is 18.9 Å². The largest absolute Gasteiger partial charge is 0.451 e. The van der Waals surface area contributed by atoms with Gasteiger partial charge in [0.05, 0.1) is 11.3 Å². The number of carbonyl (C=O) groups is 2. The van der Waals surface area contributed by atoms with E-state index in [2.05, 4.69) is 10.3 Å². The van der Waals surface area contributed by atoms with Crippen molar-refractivity contribution < 1.29 is 27.5 Å². The lowest BCUT2D eigenvalue weighted by Gasteiger charge is -2.13. The monoisotopic (exact) mass is 324 g/mol. The van der Waals surface area contributed by atoms with E-state index in [-0.39, 0.29) is 5.69 Å². The van der Waals surface area contributed by atoms with E-state index >= 15 is 0 Å². The van der Waals surface area contributed by atoms with Crippen LogP contribution in [0.5, 0.6) is 0 Å². The second-order valence-electron chi connectivity index (χ2n) is 4.38. The van der Waals surface area contributed by atoms with E-state index in [1.165, 1.54) is 24.4 Å². The average molecular weight is 324 g/mol. The second kappa shape index (κ2) is 6.91. The fourth-order valence-corrected chi connectivity index (χ4v) is 1.71. The van der Waals surface area contributed by atoms with E-state index in [1.54, 1.807) is 12.1 Å². The normalized spacial score (nSPS) is 10.9. The van der Waals surface area contributed by atoms with Crippen LogP contribution in [-0.2, 0) is 15.7 Å². The molecule has 0 atom stereocenters. The minimum Gasteiger partial charge on any atom is -0.451 e. The van der Waals surface area contributed by atoms with Gasteiger partial charge in [0, 0.05) is 6.20 Å². The summed E-state index contributed by atoms with van der Waals surface area (Å²) >= 11 is 0. The fourth-order valence-electron chi connectivity index (χ4n) is 1.71. The molecule has 23 heavy (non-hydrogen) atoms. The average Bonchev–Trinajstić information content (AvgIpc) is 2.53. The van der Waals surface area contributed by atoms with Gasteiger partial charge in [0.2, 0.25) is 0 Å². The Balaban J connectivity index is 1.97. The number of benzene rings is 1. The fraction of sp³-hybridized carbons (Fsp3) is 0.133. The van der Waals surface area contributed by atoms with Crippen LogP contribution >= 0.6 is 0 Å². The van der Waals surface area contributed by atoms with Gasteiger partial charge in [-0.15, -0.1) is 0 Å². The third-order valence-corrected chi connectivity index (χ3v) is 2.71. The second-order valence-corrected chi connectivity index (χ2v) is 4.38.